The van der Waals surface area contributed by atoms with E-state index >= 15 is 0 Å². The van der Waals surface area contributed by atoms with Crippen LogP contribution in [0.25, 0.3) is 5.65 Å². The number of likely N-dealkylation sites (N-methyl/N-ethyl adjacent to an activating group) is 1. The second-order valence-corrected chi connectivity index (χ2v) is 4.60. The number of aliphatic carboxylic acids is 1. The van der Waals surface area contributed by atoms with Gasteiger partial charge in [0.05, 0.1) is 17.1 Å². The zero-order valence-electron chi connectivity index (χ0n) is 10.2. The first-order valence-corrected chi connectivity index (χ1v) is 5.92. The smallest absolute Gasteiger partial charge is 0.323 e. The highest BCUT2D eigenvalue weighted by Gasteiger charge is 2.14. The predicted molar refractivity (Wildman–Crippen MR) is 69.2 cm³/mol. The first-order valence-electron chi connectivity index (χ1n) is 5.54. The van der Waals surface area contributed by atoms with Crippen molar-refractivity contribution in [2.45, 2.75) is 6.42 Å². The van der Waals surface area contributed by atoms with E-state index in [1.165, 1.54) is 7.05 Å². The zero-order chi connectivity index (χ0) is 14.0. The Morgan fingerprint density at radius 3 is 2.84 bits per heavy atom. The second kappa shape index (κ2) is 5.27. The van der Waals surface area contributed by atoms with E-state index in [0.717, 1.165) is 4.90 Å². The summed E-state index contributed by atoms with van der Waals surface area (Å²) >= 11 is 5.85. The predicted octanol–water partition coefficient (Wildman–Crippen LogP) is 1.07. The lowest BCUT2D eigenvalue weighted by molar-refractivity contribution is -0.143. The van der Waals surface area contributed by atoms with Gasteiger partial charge in [-0.1, -0.05) is 11.6 Å². The van der Waals surface area contributed by atoms with Crippen LogP contribution in [0.15, 0.2) is 24.5 Å². The number of carbonyl (C=O) groups excluding carboxylic acids is 1. The molecule has 0 aliphatic heterocycles. The fraction of sp³-hybridized carbons (Fsp3) is 0.250. The molecule has 0 unspecified atom stereocenters. The van der Waals surface area contributed by atoms with E-state index in [0.29, 0.717) is 16.4 Å². The van der Waals surface area contributed by atoms with Gasteiger partial charge in [0.2, 0.25) is 5.91 Å². The first kappa shape index (κ1) is 13.4. The summed E-state index contributed by atoms with van der Waals surface area (Å²) in [5.74, 6) is -1.34. The number of hydrogen-bond acceptors (Lipinski definition) is 3. The molecule has 0 saturated carbocycles. The van der Waals surface area contributed by atoms with Gasteiger partial charge in [-0.05, 0) is 12.1 Å². The molecule has 100 valence electrons. The Kier molecular flexibility index (Phi) is 3.71. The van der Waals surface area contributed by atoms with E-state index in [-0.39, 0.29) is 18.9 Å². The van der Waals surface area contributed by atoms with Crippen molar-refractivity contribution in [2.24, 2.45) is 0 Å². The summed E-state index contributed by atoms with van der Waals surface area (Å²) in [6.07, 6.45) is 3.45. The van der Waals surface area contributed by atoms with Crippen molar-refractivity contribution in [2.75, 3.05) is 13.6 Å². The highest BCUT2D eigenvalue weighted by atomic mass is 35.5. The minimum absolute atomic E-state index is 0.0586. The SMILES string of the molecule is CN(CC(=O)O)C(=O)Cc1cn2cc(Cl)ccc2n1. The lowest BCUT2D eigenvalue weighted by Gasteiger charge is -2.13. The van der Waals surface area contributed by atoms with Gasteiger partial charge in [-0.3, -0.25) is 9.59 Å². The molecule has 0 spiro atoms. The third-order valence-electron chi connectivity index (χ3n) is 2.60. The molecule has 0 atom stereocenters. The van der Waals surface area contributed by atoms with Gasteiger partial charge in [0.25, 0.3) is 0 Å². The molecule has 2 aromatic rings. The molecular weight excluding hydrogens is 270 g/mol. The molecular formula is C12H12ClN3O3. The van der Waals surface area contributed by atoms with Crippen molar-refractivity contribution in [1.82, 2.24) is 14.3 Å². The summed E-state index contributed by atoms with van der Waals surface area (Å²) in [6, 6.07) is 3.46. The van der Waals surface area contributed by atoms with Gasteiger partial charge in [0.1, 0.15) is 12.2 Å². The van der Waals surface area contributed by atoms with Crippen LogP contribution >= 0.6 is 11.6 Å². The molecule has 1 amide bonds. The fourth-order valence-corrected chi connectivity index (χ4v) is 1.85. The average molecular weight is 282 g/mol. The van der Waals surface area contributed by atoms with E-state index in [1.54, 1.807) is 28.9 Å². The molecule has 7 heteroatoms. The van der Waals surface area contributed by atoms with Gasteiger partial charge in [-0.15, -0.1) is 0 Å². The van der Waals surface area contributed by atoms with Gasteiger partial charge >= 0.3 is 5.97 Å². The Morgan fingerprint density at radius 2 is 2.16 bits per heavy atom. The van der Waals surface area contributed by atoms with E-state index in [4.69, 9.17) is 16.7 Å². The lowest BCUT2D eigenvalue weighted by atomic mass is 10.3. The van der Waals surface area contributed by atoms with Crippen molar-refractivity contribution in [3.05, 3.63) is 35.2 Å². The molecule has 0 aromatic carbocycles. The monoisotopic (exact) mass is 281 g/mol. The number of carbonyl (C=O) groups is 2. The third kappa shape index (κ3) is 3.23. The van der Waals surface area contributed by atoms with E-state index < -0.39 is 5.97 Å². The minimum Gasteiger partial charge on any atom is -0.480 e. The Morgan fingerprint density at radius 1 is 1.42 bits per heavy atom. The number of halogens is 1. The summed E-state index contributed by atoms with van der Waals surface area (Å²) in [5.41, 5.74) is 1.26. The third-order valence-corrected chi connectivity index (χ3v) is 2.82. The Labute approximate surface area is 114 Å². The summed E-state index contributed by atoms with van der Waals surface area (Å²) in [7, 11) is 1.45. The van der Waals surface area contributed by atoms with Gasteiger partial charge < -0.3 is 14.4 Å². The van der Waals surface area contributed by atoms with Crippen LogP contribution in [0.1, 0.15) is 5.69 Å². The summed E-state index contributed by atoms with van der Waals surface area (Å²) in [5, 5.41) is 9.19. The second-order valence-electron chi connectivity index (χ2n) is 4.17. The van der Waals surface area contributed by atoms with Crippen molar-refractivity contribution < 1.29 is 14.7 Å². The Hall–Kier alpha value is -2.08. The van der Waals surface area contributed by atoms with E-state index in [1.807, 2.05) is 0 Å². The van der Waals surface area contributed by atoms with Gasteiger partial charge in [0, 0.05) is 19.4 Å². The van der Waals surface area contributed by atoms with Gasteiger partial charge in [-0.25, -0.2) is 4.98 Å². The van der Waals surface area contributed by atoms with Crippen LogP contribution in [-0.2, 0) is 16.0 Å². The van der Waals surface area contributed by atoms with E-state index in [2.05, 4.69) is 4.98 Å². The number of carboxylic acid groups (broad SMARTS) is 1. The van der Waals surface area contributed by atoms with Crippen molar-refractivity contribution >= 4 is 29.1 Å². The number of imidazole rings is 1. The molecule has 0 aliphatic rings. The molecule has 0 bridgehead atoms. The van der Waals surface area contributed by atoms with Crippen LogP contribution in [0.5, 0.6) is 0 Å². The number of amides is 1. The summed E-state index contributed by atoms with van der Waals surface area (Å²) in [6.45, 7) is -0.321. The quantitative estimate of drug-likeness (QED) is 0.910. The molecule has 6 nitrogen and oxygen atoms in total. The number of nitrogens with zero attached hydrogens (tertiary/aromatic N) is 3. The van der Waals surface area contributed by atoms with Crippen LogP contribution < -0.4 is 0 Å². The van der Waals surface area contributed by atoms with Crippen LogP contribution in [0.3, 0.4) is 0 Å². The minimum atomic E-state index is -1.04. The molecule has 0 fully saturated rings. The number of hydrogen-bond donors (Lipinski definition) is 1. The van der Waals surface area contributed by atoms with Crippen LogP contribution in [0.2, 0.25) is 5.02 Å². The number of rotatable bonds is 4. The topological polar surface area (TPSA) is 74.9 Å². The molecule has 0 aliphatic carbocycles. The zero-order valence-corrected chi connectivity index (χ0v) is 11.0. The highest BCUT2D eigenvalue weighted by Crippen LogP contribution is 2.12. The molecule has 0 radical (unpaired) electrons. The largest absolute Gasteiger partial charge is 0.480 e. The first-order chi connectivity index (χ1) is 8.95. The summed E-state index contributed by atoms with van der Waals surface area (Å²) < 4.78 is 1.72. The fourth-order valence-electron chi connectivity index (χ4n) is 1.68. The maximum Gasteiger partial charge on any atom is 0.323 e. The van der Waals surface area contributed by atoms with Crippen molar-refractivity contribution in [3.63, 3.8) is 0 Å². The normalized spacial score (nSPS) is 10.6. The lowest BCUT2D eigenvalue weighted by Crippen LogP contribution is -2.33. The highest BCUT2D eigenvalue weighted by molar-refractivity contribution is 6.30. The number of pyridine rings is 1. The standard InChI is InChI=1S/C12H12ClN3O3/c1-15(7-12(18)19)11(17)4-9-6-16-5-8(13)2-3-10(16)14-9/h2-3,5-6H,4,7H2,1H3,(H,18,19). The average Bonchev–Trinajstić information content (AvgIpc) is 2.69. The molecule has 1 N–H and O–H groups in total. The molecule has 2 aromatic heterocycles. The maximum absolute atomic E-state index is 11.8. The van der Waals surface area contributed by atoms with Crippen LogP contribution in [-0.4, -0.2) is 44.9 Å². The van der Waals surface area contributed by atoms with Gasteiger partial charge in [0.15, 0.2) is 0 Å². The molecule has 2 rings (SSSR count). The van der Waals surface area contributed by atoms with Crippen LogP contribution in [0, 0.1) is 0 Å². The number of aromatic nitrogens is 2. The van der Waals surface area contributed by atoms with Crippen LogP contribution in [0.4, 0.5) is 0 Å². The van der Waals surface area contributed by atoms with E-state index in [9.17, 15) is 9.59 Å². The van der Waals surface area contributed by atoms with Crippen molar-refractivity contribution in [1.29, 1.82) is 0 Å². The number of carboxylic acids is 1. The molecule has 19 heavy (non-hydrogen) atoms. The maximum atomic E-state index is 11.8. The van der Waals surface area contributed by atoms with Gasteiger partial charge in [-0.2, -0.15) is 0 Å². The van der Waals surface area contributed by atoms with Crippen molar-refractivity contribution in [3.8, 4) is 0 Å². The molecule has 2 heterocycles. The Bertz CT molecular complexity index is 638. The number of fused-ring (bicyclic) bond motifs is 1. The summed E-state index contributed by atoms with van der Waals surface area (Å²) in [4.78, 5) is 27.7. The Balaban J connectivity index is 2.12. The molecule has 0 saturated heterocycles.